The van der Waals surface area contributed by atoms with Gasteiger partial charge in [-0.25, -0.2) is 0 Å². The molecule has 0 aliphatic rings. The van der Waals surface area contributed by atoms with Crippen molar-refractivity contribution in [1.82, 2.24) is 0 Å². The molecule has 0 aromatic rings. The summed E-state index contributed by atoms with van der Waals surface area (Å²) in [6.07, 6.45) is 26.8. The summed E-state index contributed by atoms with van der Waals surface area (Å²) >= 11 is -1.77. The van der Waals surface area contributed by atoms with Crippen LogP contribution in [0, 0.1) is 0 Å². The number of hydrogen-bond acceptors (Lipinski definition) is 0. The van der Waals surface area contributed by atoms with E-state index < -0.39 is 18.4 Å². The molecule has 0 atom stereocenters. The van der Waals surface area contributed by atoms with Crippen LogP contribution in [0.15, 0.2) is 0 Å². The summed E-state index contributed by atoms with van der Waals surface area (Å²) in [7, 11) is 0. The molecule has 0 unspecified atom stereocenters. The predicted octanol–water partition coefficient (Wildman–Crippen LogP) is 10.1. The van der Waals surface area contributed by atoms with Crippen molar-refractivity contribution in [3.63, 3.8) is 0 Å². The summed E-state index contributed by atoms with van der Waals surface area (Å²) < 4.78 is 5.10. The van der Waals surface area contributed by atoms with E-state index in [0.29, 0.717) is 0 Å². The molecule has 0 nitrogen and oxygen atoms in total. The van der Waals surface area contributed by atoms with Gasteiger partial charge in [0.15, 0.2) is 0 Å². The molecule has 0 amide bonds. The molecule has 0 aromatic carbocycles. The molecule has 0 aliphatic heterocycles. The third-order valence-electron chi connectivity index (χ3n) is 6.40. The van der Waals surface area contributed by atoms with Gasteiger partial charge in [-0.05, 0) is 0 Å². The zero-order valence-electron chi connectivity index (χ0n) is 19.3. The van der Waals surface area contributed by atoms with Crippen LogP contribution < -0.4 is 0 Å². The second-order valence-electron chi connectivity index (χ2n) is 9.36. The van der Waals surface area contributed by atoms with Gasteiger partial charge in [-0.15, -0.1) is 0 Å². The fraction of sp³-hybridized carbons (Fsp3) is 1.00. The van der Waals surface area contributed by atoms with Crippen molar-refractivity contribution in [2.24, 2.45) is 0 Å². The van der Waals surface area contributed by atoms with Gasteiger partial charge in [-0.3, -0.25) is 0 Å². The molecule has 0 heterocycles. The van der Waals surface area contributed by atoms with Gasteiger partial charge in [0.25, 0.3) is 0 Å². The fourth-order valence-corrected chi connectivity index (χ4v) is 16.0. The van der Waals surface area contributed by atoms with Gasteiger partial charge in [-0.1, -0.05) is 0 Å². The van der Waals surface area contributed by atoms with Gasteiger partial charge >= 0.3 is 173 Å². The van der Waals surface area contributed by atoms with Crippen LogP contribution in [-0.4, -0.2) is 18.4 Å². The molecule has 0 N–H and O–H groups in total. The van der Waals surface area contributed by atoms with E-state index in [0.717, 1.165) is 0 Å². The first-order chi connectivity index (χ1) is 12.7. The molecule has 0 bridgehead atoms. The van der Waals surface area contributed by atoms with Gasteiger partial charge in [-0.2, -0.15) is 0 Å². The number of hydrogen-bond donors (Lipinski definition) is 0. The monoisotopic (exact) mass is 474 g/mol. The van der Waals surface area contributed by atoms with Gasteiger partial charge in [0.05, 0.1) is 0 Å². The van der Waals surface area contributed by atoms with Crippen molar-refractivity contribution in [3.8, 4) is 0 Å². The van der Waals surface area contributed by atoms with Gasteiger partial charge in [0.1, 0.15) is 0 Å². The first-order valence-corrected chi connectivity index (χ1v) is 21.6. The summed E-state index contributed by atoms with van der Waals surface area (Å²) in [5.41, 5.74) is 0. The maximum atomic E-state index is 2.83. The van der Waals surface area contributed by atoms with Crippen LogP contribution in [0.2, 0.25) is 18.2 Å². The van der Waals surface area contributed by atoms with Crippen LogP contribution in [0.1, 0.15) is 136 Å². The van der Waals surface area contributed by atoms with E-state index >= 15 is 0 Å². The zero-order chi connectivity index (χ0) is 19.3. The second-order valence-corrected chi connectivity index (χ2v) is 24.0. The van der Waals surface area contributed by atoms with Crippen molar-refractivity contribution in [3.05, 3.63) is 0 Å². The number of rotatable bonds is 21. The normalized spacial score (nSPS) is 12.0. The third-order valence-corrected chi connectivity index (χ3v) is 19.8. The molecular weight excluding hydrogens is 419 g/mol. The van der Waals surface area contributed by atoms with Crippen LogP contribution in [0.25, 0.3) is 0 Å². The van der Waals surface area contributed by atoms with E-state index in [1.165, 1.54) is 96.3 Å². The molecule has 0 aromatic heterocycles. The minimum absolute atomic E-state index is 1.38. The standard InChI is InChI=1S/3C8H17.CH3.Sn/c3*1-3-5-7-8-6-4-2;;/h3*1,3-8H2,2H3;1H3;. The van der Waals surface area contributed by atoms with Crippen LogP contribution in [0.5, 0.6) is 0 Å². The van der Waals surface area contributed by atoms with Gasteiger partial charge in [0.2, 0.25) is 0 Å². The summed E-state index contributed by atoms with van der Waals surface area (Å²) in [5.74, 6) is 0. The number of unbranched alkanes of at least 4 members (excludes halogenated alkanes) is 15. The molecule has 158 valence electrons. The van der Waals surface area contributed by atoms with Crippen molar-refractivity contribution in [2.75, 3.05) is 0 Å². The molecule has 0 rings (SSSR count). The van der Waals surface area contributed by atoms with E-state index in [1.807, 2.05) is 0 Å². The molecule has 0 saturated carbocycles. The van der Waals surface area contributed by atoms with Crippen molar-refractivity contribution >= 4 is 18.4 Å². The Morgan fingerprint density at radius 1 is 0.346 bits per heavy atom. The minimum atomic E-state index is -1.77. The molecule has 26 heavy (non-hydrogen) atoms. The maximum absolute atomic E-state index is 2.83. The average molecular weight is 473 g/mol. The Morgan fingerprint density at radius 2 is 0.577 bits per heavy atom. The summed E-state index contributed by atoms with van der Waals surface area (Å²) in [5, 5.41) is 0. The Labute approximate surface area is 172 Å². The predicted molar refractivity (Wildman–Crippen MR) is 126 cm³/mol. The van der Waals surface area contributed by atoms with Gasteiger partial charge in [0, 0.05) is 0 Å². The molecule has 0 aliphatic carbocycles. The van der Waals surface area contributed by atoms with E-state index in [4.69, 9.17) is 0 Å². The summed E-state index contributed by atoms with van der Waals surface area (Å²) in [4.78, 5) is 2.83. The Balaban J connectivity index is 4.02. The van der Waals surface area contributed by atoms with Crippen molar-refractivity contribution < 1.29 is 0 Å². The Morgan fingerprint density at radius 3 is 0.846 bits per heavy atom. The molecule has 0 fully saturated rings. The molecular formula is C25H54Sn. The van der Waals surface area contributed by atoms with Crippen molar-refractivity contribution in [2.45, 2.75) is 155 Å². The molecule has 0 spiro atoms. The molecule has 0 saturated heterocycles. The first kappa shape index (κ1) is 26.8. The Bertz CT molecular complexity index is 220. The Hall–Kier alpha value is 0.799. The zero-order valence-corrected chi connectivity index (χ0v) is 22.2. The summed E-state index contributed by atoms with van der Waals surface area (Å²) in [6.45, 7) is 6.98. The second kappa shape index (κ2) is 20.5. The first-order valence-electron chi connectivity index (χ1n) is 12.7. The van der Waals surface area contributed by atoms with E-state index in [1.54, 1.807) is 32.6 Å². The summed E-state index contributed by atoms with van der Waals surface area (Å²) in [6, 6.07) is 0. The Kier molecular flexibility index (Phi) is 21.2. The van der Waals surface area contributed by atoms with E-state index in [-0.39, 0.29) is 0 Å². The topological polar surface area (TPSA) is 0 Å². The van der Waals surface area contributed by atoms with Crippen LogP contribution >= 0.6 is 0 Å². The van der Waals surface area contributed by atoms with E-state index in [2.05, 4.69) is 25.7 Å². The SMILES string of the molecule is CCCCCCC[CH2][Sn]([CH3])([CH2]CCCCCCC)[CH2]CCCCCCC. The molecule has 0 radical (unpaired) electrons. The molecule has 1 heteroatoms. The third kappa shape index (κ3) is 18.2. The fourth-order valence-electron chi connectivity index (χ4n) is 4.37. The van der Waals surface area contributed by atoms with Crippen LogP contribution in [0.4, 0.5) is 0 Å². The van der Waals surface area contributed by atoms with Crippen LogP contribution in [0.3, 0.4) is 0 Å². The van der Waals surface area contributed by atoms with Crippen molar-refractivity contribution in [1.29, 1.82) is 0 Å². The quantitative estimate of drug-likeness (QED) is 0.115. The van der Waals surface area contributed by atoms with Crippen LogP contribution in [-0.2, 0) is 0 Å². The van der Waals surface area contributed by atoms with E-state index in [9.17, 15) is 0 Å². The van der Waals surface area contributed by atoms with Gasteiger partial charge < -0.3 is 0 Å². The average Bonchev–Trinajstić information content (AvgIpc) is 2.64.